The zero-order valence-electron chi connectivity index (χ0n) is 18.6. The second-order valence-electron chi connectivity index (χ2n) is 7.84. The molecule has 166 valence electrons. The molecule has 1 atom stereocenters. The van der Waals surface area contributed by atoms with Crippen LogP contribution in [-0.2, 0) is 0 Å². The van der Waals surface area contributed by atoms with E-state index in [4.69, 9.17) is 4.74 Å². The molecule has 2 N–H and O–H groups in total. The Labute approximate surface area is 188 Å². The van der Waals surface area contributed by atoms with E-state index < -0.39 is 0 Å². The van der Waals surface area contributed by atoms with Gasteiger partial charge in [0.25, 0.3) is 0 Å². The van der Waals surface area contributed by atoms with Crippen LogP contribution in [0.5, 0.6) is 5.75 Å². The molecule has 0 saturated heterocycles. The number of benzene rings is 1. The number of nitrogens with zero attached hydrogens (tertiary/aromatic N) is 4. The van der Waals surface area contributed by atoms with Gasteiger partial charge in [-0.15, -0.1) is 0 Å². The average Bonchev–Trinajstić information content (AvgIpc) is 2.83. The Bertz CT molecular complexity index is 1090. The number of aryl methyl sites for hydroxylation is 1. The fraction of sp³-hybridized carbons (Fsp3) is 0.333. The molecule has 1 aliphatic rings. The van der Waals surface area contributed by atoms with Crippen molar-refractivity contribution in [1.82, 2.24) is 20.3 Å². The molecule has 1 aliphatic heterocycles. The predicted molar refractivity (Wildman–Crippen MR) is 125 cm³/mol. The van der Waals surface area contributed by atoms with E-state index in [0.29, 0.717) is 13.2 Å². The van der Waals surface area contributed by atoms with Gasteiger partial charge in [-0.05, 0) is 43.0 Å². The first-order valence-corrected chi connectivity index (χ1v) is 10.8. The quantitative estimate of drug-likeness (QED) is 0.612. The van der Waals surface area contributed by atoms with Crippen molar-refractivity contribution in [3.05, 3.63) is 60.2 Å². The third-order valence-electron chi connectivity index (χ3n) is 5.62. The van der Waals surface area contributed by atoms with E-state index in [-0.39, 0.29) is 11.9 Å². The third kappa shape index (κ3) is 4.64. The maximum absolute atomic E-state index is 12.2. The summed E-state index contributed by atoms with van der Waals surface area (Å²) in [5, 5.41) is 6.10. The molecule has 2 amide bonds. The fourth-order valence-electron chi connectivity index (χ4n) is 3.81. The van der Waals surface area contributed by atoms with Crippen molar-refractivity contribution in [3.63, 3.8) is 0 Å². The number of anilines is 2. The SMILES string of the molecule is CNC(=O)N1CCOc2c(C(C)CCNc3cc(-c4ccc(C)nc4)ncn3)cccc21. The van der Waals surface area contributed by atoms with Crippen LogP contribution in [0.2, 0.25) is 0 Å². The van der Waals surface area contributed by atoms with Crippen LogP contribution >= 0.6 is 0 Å². The van der Waals surface area contributed by atoms with Gasteiger partial charge in [-0.3, -0.25) is 9.88 Å². The summed E-state index contributed by atoms with van der Waals surface area (Å²) in [5.41, 5.74) is 4.69. The van der Waals surface area contributed by atoms with Crippen LogP contribution in [-0.4, -0.2) is 47.7 Å². The number of hydrogen-bond acceptors (Lipinski definition) is 6. The molecule has 8 nitrogen and oxygen atoms in total. The summed E-state index contributed by atoms with van der Waals surface area (Å²) in [5.74, 6) is 1.82. The highest BCUT2D eigenvalue weighted by molar-refractivity contribution is 5.94. The van der Waals surface area contributed by atoms with Crippen molar-refractivity contribution in [2.24, 2.45) is 0 Å². The molecule has 0 aliphatic carbocycles. The number of nitrogens with one attached hydrogen (secondary N) is 2. The minimum atomic E-state index is -0.121. The minimum Gasteiger partial charge on any atom is -0.489 e. The van der Waals surface area contributed by atoms with Crippen LogP contribution < -0.4 is 20.3 Å². The van der Waals surface area contributed by atoms with E-state index in [2.05, 4.69) is 38.6 Å². The third-order valence-corrected chi connectivity index (χ3v) is 5.62. The van der Waals surface area contributed by atoms with E-state index in [0.717, 1.165) is 52.7 Å². The number of aromatic nitrogens is 3. The normalized spacial score (nSPS) is 13.7. The molecule has 1 unspecified atom stereocenters. The van der Waals surface area contributed by atoms with Crippen LogP contribution in [0.1, 0.15) is 30.5 Å². The second kappa shape index (κ2) is 9.64. The number of pyridine rings is 1. The van der Waals surface area contributed by atoms with Gasteiger partial charge in [-0.25, -0.2) is 14.8 Å². The van der Waals surface area contributed by atoms with Gasteiger partial charge in [0.1, 0.15) is 24.5 Å². The number of amides is 2. The summed E-state index contributed by atoms with van der Waals surface area (Å²) in [4.78, 5) is 27.0. The molecule has 4 rings (SSSR count). The number of ether oxygens (including phenoxy) is 1. The summed E-state index contributed by atoms with van der Waals surface area (Å²) in [6.45, 7) is 5.90. The van der Waals surface area contributed by atoms with Crippen molar-refractivity contribution in [2.75, 3.05) is 37.0 Å². The van der Waals surface area contributed by atoms with Gasteiger partial charge < -0.3 is 15.4 Å². The molecule has 0 saturated carbocycles. The highest BCUT2D eigenvalue weighted by Gasteiger charge is 2.26. The number of para-hydroxylation sites is 1. The van der Waals surface area contributed by atoms with E-state index >= 15 is 0 Å². The largest absolute Gasteiger partial charge is 0.489 e. The lowest BCUT2D eigenvalue weighted by molar-refractivity contribution is 0.241. The first-order chi connectivity index (χ1) is 15.6. The molecule has 8 heteroatoms. The average molecular weight is 433 g/mol. The predicted octanol–water partition coefficient (Wildman–Crippen LogP) is 3.99. The fourth-order valence-corrected chi connectivity index (χ4v) is 3.81. The van der Waals surface area contributed by atoms with E-state index in [1.165, 1.54) is 0 Å². The van der Waals surface area contributed by atoms with E-state index in [9.17, 15) is 4.79 Å². The number of fused-ring (bicyclic) bond motifs is 1. The number of rotatable bonds is 6. The van der Waals surface area contributed by atoms with E-state index in [1.54, 1.807) is 18.3 Å². The van der Waals surface area contributed by atoms with Gasteiger partial charge in [-0.2, -0.15) is 0 Å². The Morgan fingerprint density at radius 1 is 1.22 bits per heavy atom. The molecule has 0 fully saturated rings. The Hall–Kier alpha value is -3.68. The molecule has 3 aromatic rings. The molecule has 2 aromatic heterocycles. The van der Waals surface area contributed by atoms with Gasteiger partial charge in [0.05, 0.1) is 17.9 Å². The minimum absolute atomic E-state index is 0.121. The Kier molecular flexibility index (Phi) is 6.49. The highest BCUT2D eigenvalue weighted by atomic mass is 16.5. The standard InChI is InChI=1S/C24H28N6O2/c1-16(19-5-4-6-21-23(19)32-12-11-30(21)24(31)25-3)9-10-26-22-13-20(28-15-29-22)18-8-7-17(2)27-14-18/h4-8,13-16H,9-12H2,1-3H3,(H,25,31)(H,26,28,29). The first-order valence-electron chi connectivity index (χ1n) is 10.8. The summed E-state index contributed by atoms with van der Waals surface area (Å²) in [6, 6.07) is 11.8. The zero-order chi connectivity index (χ0) is 22.5. The molecule has 0 bridgehead atoms. The van der Waals surface area contributed by atoms with Crippen LogP contribution in [0, 0.1) is 6.92 Å². The lowest BCUT2D eigenvalue weighted by Gasteiger charge is -2.31. The van der Waals surface area contributed by atoms with Gasteiger partial charge in [0.15, 0.2) is 0 Å². The summed E-state index contributed by atoms with van der Waals surface area (Å²) >= 11 is 0. The maximum Gasteiger partial charge on any atom is 0.321 e. The summed E-state index contributed by atoms with van der Waals surface area (Å²) in [7, 11) is 1.64. The number of hydrogen-bond donors (Lipinski definition) is 2. The lowest BCUT2D eigenvalue weighted by atomic mass is 9.95. The first kappa shape index (κ1) is 21.5. The monoisotopic (exact) mass is 432 g/mol. The second-order valence-corrected chi connectivity index (χ2v) is 7.84. The Morgan fingerprint density at radius 3 is 2.88 bits per heavy atom. The summed E-state index contributed by atoms with van der Waals surface area (Å²) < 4.78 is 5.97. The maximum atomic E-state index is 12.2. The van der Waals surface area contributed by atoms with Crippen molar-refractivity contribution < 1.29 is 9.53 Å². The molecular weight excluding hydrogens is 404 g/mol. The molecule has 1 aromatic carbocycles. The highest BCUT2D eigenvalue weighted by Crippen LogP contribution is 2.39. The van der Waals surface area contributed by atoms with Crippen LogP contribution in [0.3, 0.4) is 0 Å². The molecule has 32 heavy (non-hydrogen) atoms. The molecular formula is C24H28N6O2. The Morgan fingerprint density at radius 2 is 2.09 bits per heavy atom. The topological polar surface area (TPSA) is 92.3 Å². The lowest BCUT2D eigenvalue weighted by Crippen LogP contribution is -2.43. The van der Waals surface area contributed by atoms with E-state index in [1.807, 2.05) is 43.5 Å². The van der Waals surface area contributed by atoms with Crippen molar-refractivity contribution >= 4 is 17.5 Å². The smallest absolute Gasteiger partial charge is 0.321 e. The van der Waals surface area contributed by atoms with Crippen LogP contribution in [0.15, 0.2) is 48.9 Å². The number of carbonyl (C=O) groups excluding carboxylic acids is 1. The van der Waals surface area contributed by atoms with Gasteiger partial charge >= 0.3 is 6.03 Å². The van der Waals surface area contributed by atoms with Crippen molar-refractivity contribution in [3.8, 4) is 17.0 Å². The number of urea groups is 1. The van der Waals surface area contributed by atoms with Gasteiger partial charge in [0, 0.05) is 37.1 Å². The van der Waals surface area contributed by atoms with Gasteiger partial charge in [0.2, 0.25) is 0 Å². The molecule has 0 radical (unpaired) electrons. The number of carbonyl (C=O) groups is 1. The Balaban J connectivity index is 1.42. The molecule has 3 heterocycles. The summed E-state index contributed by atoms with van der Waals surface area (Å²) in [6.07, 6.45) is 4.27. The molecule has 0 spiro atoms. The van der Waals surface area contributed by atoms with Crippen molar-refractivity contribution in [2.45, 2.75) is 26.2 Å². The zero-order valence-corrected chi connectivity index (χ0v) is 18.6. The van der Waals surface area contributed by atoms with Crippen LogP contribution in [0.4, 0.5) is 16.3 Å². The van der Waals surface area contributed by atoms with Gasteiger partial charge in [-0.1, -0.05) is 19.1 Å². The van der Waals surface area contributed by atoms with Crippen molar-refractivity contribution in [1.29, 1.82) is 0 Å². The van der Waals surface area contributed by atoms with Crippen LogP contribution in [0.25, 0.3) is 11.3 Å².